The molecule has 0 radical (unpaired) electrons. The molecule has 31 heavy (non-hydrogen) atoms. The summed E-state index contributed by atoms with van der Waals surface area (Å²) < 4.78 is 16.0. The van der Waals surface area contributed by atoms with Gasteiger partial charge in [-0.25, -0.2) is 14.4 Å². The fraction of sp³-hybridized carbons (Fsp3) is 0.458. The van der Waals surface area contributed by atoms with Crippen molar-refractivity contribution < 1.29 is 4.39 Å². The van der Waals surface area contributed by atoms with Crippen molar-refractivity contribution in [3.63, 3.8) is 0 Å². The van der Waals surface area contributed by atoms with Crippen LogP contribution in [-0.2, 0) is 13.1 Å². The van der Waals surface area contributed by atoms with Gasteiger partial charge in [0.25, 0.3) is 0 Å². The first-order chi connectivity index (χ1) is 15.0. The van der Waals surface area contributed by atoms with Crippen LogP contribution in [0.1, 0.15) is 42.6 Å². The fourth-order valence-electron chi connectivity index (χ4n) is 4.41. The highest BCUT2D eigenvalue weighted by atomic mass is 19.1. The third-order valence-corrected chi connectivity index (χ3v) is 6.13. The second kappa shape index (κ2) is 9.14. The number of halogens is 1. The maximum atomic E-state index is 13.9. The summed E-state index contributed by atoms with van der Waals surface area (Å²) >= 11 is 0. The summed E-state index contributed by atoms with van der Waals surface area (Å²) in [5.41, 5.74) is 5.28. The van der Waals surface area contributed by atoms with E-state index in [1.807, 2.05) is 42.1 Å². The van der Waals surface area contributed by atoms with Gasteiger partial charge in [-0.2, -0.15) is 5.10 Å². The molecule has 1 saturated heterocycles. The Labute approximate surface area is 183 Å². The summed E-state index contributed by atoms with van der Waals surface area (Å²) in [6, 6.07) is 6.72. The molecular weight excluding hydrogens is 391 g/mol. The van der Waals surface area contributed by atoms with Gasteiger partial charge in [-0.15, -0.1) is 0 Å². The van der Waals surface area contributed by atoms with E-state index in [2.05, 4.69) is 28.8 Å². The van der Waals surface area contributed by atoms with E-state index >= 15 is 0 Å². The van der Waals surface area contributed by atoms with E-state index in [0.29, 0.717) is 5.95 Å². The van der Waals surface area contributed by atoms with Crippen molar-refractivity contribution in [2.75, 3.05) is 32.1 Å². The molecule has 0 spiro atoms. The normalized spacial score (nSPS) is 17.1. The van der Waals surface area contributed by atoms with Gasteiger partial charge in [0.1, 0.15) is 5.82 Å². The molecule has 1 atom stereocenters. The number of aromatic nitrogens is 4. The molecule has 1 aromatic carbocycles. The largest absolute Gasteiger partial charge is 0.347 e. The van der Waals surface area contributed by atoms with Crippen LogP contribution in [0.5, 0.6) is 0 Å². The second-order valence-electron chi connectivity index (χ2n) is 8.52. The number of anilines is 1. The van der Waals surface area contributed by atoms with E-state index in [0.717, 1.165) is 55.8 Å². The van der Waals surface area contributed by atoms with Gasteiger partial charge in [-0.3, -0.25) is 9.58 Å². The molecule has 3 heterocycles. The van der Waals surface area contributed by atoms with E-state index in [-0.39, 0.29) is 11.7 Å². The monoisotopic (exact) mass is 422 g/mol. The number of piperidine rings is 1. The molecule has 2 aromatic heterocycles. The first kappa shape index (κ1) is 21.4. The number of hydrogen-bond donors (Lipinski definition) is 0. The molecule has 0 amide bonds. The zero-order chi connectivity index (χ0) is 22.0. The summed E-state index contributed by atoms with van der Waals surface area (Å²) in [5.74, 6) is 0.719. The summed E-state index contributed by atoms with van der Waals surface area (Å²) in [6.07, 6.45) is 6.02. The molecule has 3 aromatic rings. The minimum absolute atomic E-state index is 0.242. The van der Waals surface area contributed by atoms with Crippen LogP contribution < -0.4 is 4.90 Å². The average molecular weight is 423 g/mol. The summed E-state index contributed by atoms with van der Waals surface area (Å²) in [4.78, 5) is 13.9. The smallest absolute Gasteiger partial charge is 0.225 e. The molecular formula is C24H31FN6. The third-order valence-electron chi connectivity index (χ3n) is 6.13. The minimum Gasteiger partial charge on any atom is -0.347 e. The molecule has 1 aliphatic heterocycles. The molecule has 6 nitrogen and oxygen atoms in total. The summed E-state index contributed by atoms with van der Waals surface area (Å²) in [6.45, 7) is 8.02. The number of hydrogen-bond acceptors (Lipinski definition) is 5. The number of likely N-dealkylation sites (tertiary alicyclic amines) is 1. The van der Waals surface area contributed by atoms with E-state index in [1.54, 1.807) is 12.1 Å². The van der Waals surface area contributed by atoms with E-state index < -0.39 is 0 Å². The van der Waals surface area contributed by atoms with Crippen molar-refractivity contribution in [3.8, 4) is 11.1 Å². The van der Waals surface area contributed by atoms with E-state index in [4.69, 9.17) is 4.98 Å². The quantitative estimate of drug-likeness (QED) is 0.594. The molecule has 7 heteroatoms. The number of rotatable bonds is 6. The van der Waals surface area contributed by atoms with E-state index in [9.17, 15) is 4.39 Å². The molecule has 0 bridgehead atoms. The lowest BCUT2D eigenvalue weighted by atomic mass is 9.89. The first-order valence-electron chi connectivity index (χ1n) is 11.0. The number of aryl methyl sites for hydroxylation is 1. The minimum atomic E-state index is -0.242. The summed E-state index contributed by atoms with van der Waals surface area (Å²) in [5, 5.41) is 4.50. The van der Waals surface area contributed by atoms with Gasteiger partial charge in [0.05, 0.1) is 11.9 Å². The maximum absolute atomic E-state index is 13.9. The van der Waals surface area contributed by atoms with Gasteiger partial charge in [-0.05, 0) is 50.9 Å². The molecule has 0 aliphatic carbocycles. The number of benzene rings is 1. The molecule has 0 unspecified atom stereocenters. The Kier molecular flexibility index (Phi) is 6.32. The highest BCUT2D eigenvalue weighted by Gasteiger charge is 2.27. The van der Waals surface area contributed by atoms with Gasteiger partial charge >= 0.3 is 0 Å². The van der Waals surface area contributed by atoms with Gasteiger partial charge in [0, 0.05) is 62.7 Å². The first-order valence-corrected chi connectivity index (χ1v) is 11.0. The Morgan fingerprint density at radius 2 is 2.06 bits per heavy atom. The third kappa shape index (κ3) is 4.61. The lowest BCUT2D eigenvalue weighted by Gasteiger charge is -2.33. The fourth-order valence-corrected chi connectivity index (χ4v) is 4.41. The zero-order valence-corrected chi connectivity index (χ0v) is 18.8. The van der Waals surface area contributed by atoms with Crippen LogP contribution in [0.25, 0.3) is 11.1 Å². The second-order valence-corrected chi connectivity index (χ2v) is 8.52. The van der Waals surface area contributed by atoms with Crippen LogP contribution in [0.3, 0.4) is 0 Å². The highest BCUT2D eigenvalue weighted by Crippen LogP contribution is 2.34. The Hall–Kier alpha value is -2.80. The lowest BCUT2D eigenvalue weighted by molar-refractivity contribution is 0.198. The SMILES string of the molecule is CCn1ncc(CN2CCC[C@H](c3nc(N(C)C)ncc3-c3cccc(F)c3)C2)c1C. The van der Waals surface area contributed by atoms with E-state index in [1.165, 1.54) is 17.3 Å². The van der Waals surface area contributed by atoms with Crippen LogP contribution in [-0.4, -0.2) is 51.8 Å². The molecule has 0 saturated carbocycles. The van der Waals surface area contributed by atoms with Crippen molar-refractivity contribution in [2.45, 2.75) is 45.7 Å². The van der Waals surface area contributed by atoms with Crippen molar-refractivity contribution in [1.82, 2.24) is 24.6 Å². The van der Waals surface area contributed by atoms with Gasteiger partial charge in [-0.1, -0.05) is 12.1 Å². The molecule has 0 N–H and O–H groups in total. The maximum Gasteiger partial charge on any atom is 0.225 e. The average Bonchev–Trinajstić information content (AvgIpc) is 3.12. The van der Waals surface area contributed by atoms with Crippen LogP contribution in [0.15, 0.2) is 36.7 Å². The number of nitrogens with zero attached hydrogens (tertiary/aromatic N) is 6. The molecule has 1 fully saturated rings. The Balaban J connectivity index is 1.63. The van der Waals surface area contributed by atoms with Gasteiger partial charge < -0.3 is 4.90 Å². The standard InChI is InChI=1S/C24H31FN6/c1-5-31-17(2)20(13-27-31)16-30-11-7-9-19(15-30)23-22(14-26-24(28-23)29(3)4)18-8-6-10-21(25)12-18/h6,8,10,12-14,19H,5,7,9,11,15-16H2,1-4H3/t19-/m0/s1. The van der Waals surface area contributed by atoms with Crippen molar-refractivity contribution >= 4 is 5.95 Å². The Bertz CT molecular complexity index is 1040. The predicted octanol–water partition coefficient (Wildman–Crippen LogP) is 4.25. The van der Waals surface area contributed by atoms with Gasteiger partial charge in [0.2, 0.25) is 5.95 Å². The van der Waals surface area contributed by atoms with Gasteiger partial charge in [0.15, 0.2) is 0 Å². The molecule has 1 aliphatic rings. The van der Waals surface area contributed by atoms with Crippen LogP contribution in [0, 0.1) is 12.7 Å². The lowest BCUT2D eigenvalue weighted by Crippen LogP contribution is -2.34. The van der Waals surface area contributed by atoms with Crippen LogP contribution in [0.2, 0.25) is 0 Å². The van der Waals surface area contributed by atoms with Crippen molar-refractivity contribution in [1.29, 1.82) is 0 Å². The topological polar surface area (TPSA) is 50.1 Å². The Morgan fingerprint density at radius 1 is 1.23 bits per heavy atom. The molecule has 164 valence electrons. The van der Waals surface area contributed by atoms with Crippen molar-refractivity contribution in [2.24, 2.45) is 0 Å². The van der Waals surface area contributed by atoms with Crippen LogP contribution >= 0.6 is 0 Å². The Morgan fingerprint density at radius 3 is 2.77 bits per heavy atom. The molecule has 4 rings (SSSR count). The van der Waals surface area contributed by atoms with Crippen LogP contribution in [0.4, 0.5) is 10.3 Å². The predicted molar refractivity (Wildman–Crippen MR) is 122 cm³/mol. The highest BCUT2D eigenvalue weighted by molar-refractivity contribution is 5.66. The zero-order valence-electron chi connectivity index (χ0n) is 18.8. The summed E-state index contributed by atoms with van der Waals surface area (Å²) in [7, 11) is 3.89. The van der Waals surface area contributed by atoms with Crippen molar-refractivity contribution in [3.05, 3.63) is 59.4 Å².